The number of likely N-dealkylation sites (tertiary alicyclic amines) is 1. The molecule has 0 spiro atoms. The zero-order valence-corrected chi connectivity index (χ0v) is 18.3. The molecule has 0 saturated carbocycles. The Kier molecular flexibility index (Phi) is 7.57. The molecule has 0 radical (unpaired) electrons. The van der Waals surface area contributed by atoms with E-state index in [1.807, 2.05) is 30.5 Å². The summed E-state index contributed by atoms with van der Waals surface area (Å²) in [5, 5.41) is 15.9. The smallest absolute Gasteiger partial charge is 0.407 e. The third-order valence-electron chi connectivity index (χ3n) is 5.45. The lowest BCUT2D eigenvalue weighted by Crippen LogP contribution is -2.49. The van der Waals surface area contributed by atoms with E-state index in [9.17, 15) is 9.90 Å². The van der Waals surface area contributed by atoms with Crippen LogP contribution >= 0.6 is 23.6 Å². The van der Waals surface area contributed by atoms with E-state index < -0.39 is 6.09 Å². The van der Waals surface area contributed by atoms with Crippen molar-refractivity contribution in [2.24, 2.45) is 5.92 Å². The molecule has 3 rings (SSSR count). The van der Waals surface area contributed by atoms with E-state index in [1.165, 1.54) is 10.5 Å². The van der Waals surface area contributed by atoms with Crippen LogP contribution < -0.4 is 5.32 Å². The molecule has 1 amide bonds. The highest BCUT2D eigenvalue weighted by Crippen LogP contribution is 2.28. The number of benzene rings is 1. The molecule has 0 aliphatic carbocycles. The number of rotatable bonds is 8. The van der Waals surface area contributed by atoms with Crippen LogP contribution in [-0.2, 0) is 11.2 Å². The standard InChI is InChI=1S/C21H27N3O3S2/c1-14(18(27-2)17-9-6-11-24(17)21(25)26)19(28)23-16(20-22-10-12-29-20)13-15-7-4-3-5-8-15/h3-5,7-8,10,12,14,16-18H,6,9,11,13H2,1-2H3,(H,23,28)(H,25,26)/t14-,16+,17+,18-/m1/s1. The molecule has 1 aromatic heterocycles. The summed E-state index contributed by atoms with van der Waals surface area (Å²) in [6, 6.07) is 10.0. The summed E-state index contributed by atoms with van der Waals surface area (Å²) in [7, 11) is 1.63. The summed E-state index contributed by atoms with van der Waals surface area (Å²) in [6.45, 7) is 2.55. The lowest BCUT2D eigenvalue weighted by molar-refractivity contribution is 0.0157. The molecule has 6 nitrogen and oxygen atoms in total. The molecule has 1 aliphatic rings. The molecule has 1 saturated heterocycles. The van der Waals surface area contributed by atoms with Gasteiger partial charge in [-0.05, 0) is 24.8 Å². The van der Waals surface area contributed by atoms with Crippen LogP contribution in [0.1, 0.15) is 36.4 Å². The second-order valence-electron chi connectivity index (χ2n) is 7.30. The maximum atomic E-state index is 11.6. The van der Waals surface area contributed by atoms with E-state index >= 15 is 0 Å². The molecular formula is C21H27N3O3S2. The Morgan fingerprint density at radius 2 is 2.21 bits per heavy atom. The molecule has 4 atom stereocenters. The van der Waals surface area contributed by atoms with Crippen LogP contribution in [0.2, 0.25) is 0 Å². The minimum atomic E-state index is -0.898. The summed E-state index contributed by atoms with van der Waals surface area (Å²) in [6.07, 6.45) is 3.02. The number of aromatic nitrogens is 1. The number of thiazole rings is 1. The minimum absolute atomic E-state index is 0.0380. The van der Waals surface area contributed by atoms with Crippen LogP contribution in [0.5, 0.6) is 0 Å². The summed E-state index contributed by atoms with van der Waals surface area (Å²) >= 11 is 7.34. The first-order chi connectivity index (χ1) is 14.0. The average Bonchev–Trinajstić information content (AvgIpc) is 3.41. The first-order valence-corrected chi connectivity index (χ1v) is 11.1. The molecule has 0 bridgehead atoms. The van der Waals surface area contributed by atoms with E-state index in [0.717, 1.165) is 24.3 Å². The third kappa shape index (κ3) is 5.32. The summed E-state index contributed by atoms with van der Waals surface area (Å²) in [5.74, 6) is -0.127. The van der Waals surface area contributed by atoms with Crippen molar-refractivity contribution < 1.29 is 14.6 Å². The van der Waals surface area contributed by atoms with Gasteiger partial charge in [0.25, 0.3) is 0 Å². The average molecular weight is 434 g/mol. The van der Waals surface area contributed by atoms with Crippen molar-refractivity contribution in [3.05, 3.63) is 52.5 Å². The quantitative estimate of drug-likeness (QED) is 0.610. The first kappa shape index (κ1) is 21.7. The van der Waals surface area contributed by atoms with E-state index in [-0.39, 0.29) is 24.1 Å². The number of carbonyl (C=O) groups is 1. The zero-order valence-electron chi connectivity index (χ0n) is 16.7. The maximum Gasteiger partial charge on any atom is 0.407 e. The van der Waals surface area contributed by atoms with Crippen molar-refractivity contribution in [3.8, 4) is 0 Å². The fourth-order valence-corrected chi connectivity index (χ4v) is 4.94. The number of nitrogens with zero attached hydrogens (tertiary/aromatic N) is 2. The topological polar surface area (TPSA) is 74.7 Å². The monoisotopic (exact) mass is 433 g/mol. The molecule has 29 heavy (non-hydrogen) atoms. The molecule has 2 aromatic rings. The predicted octanol–water partition coefficient (Wildman–Crippen LogP) is 4.14. The summed E-state index contributed by atoms with van der Waals surface area (Å²) in [4.78, 5) is 18.2. The summed E-state index contributed by atoms with van der Waals surface area (Å²) < 4.78 is 5.74. The second kappa shape index (κ2) is 10.1. The molecule has 2 N–H and O–H groups in total. The lowest BCUT2D eigenvalue weighted by atomic mass is 9.95. The summed E-state index contributed by atoms with van der Waals surface area (Å²) in [5.41, 5.74) is 1.20. The Morgan fingerprint density at radius 3 is 2.83 bits per heavy atom. The molecule has 1 aromatic carbocycles. The van der Waals surface area contributed by atoms with E-state index in [0.29, 0.717) is 11.5 Å². The SMILES string of the molecule is CO[C@H]([C@@H](C)C(=S)N[C@@H](Cc1ccccc1)c1nccs1)[C@@H]1CCCN1C(=O)O. The van der Waals surface area contributed by atoms with Crippen molar-refractivity contribution in [2.45, 2.75) is 44.4 Å². The third-order valence-corrected chi connectivity index (χ3v) is 6.83. The van der Waals surface area contributed by atoms with Gasteiger partial charge < -0.3 is 20.1 Å². The fourth-order valence-electron chi connectivity index (χ4n) is 3.97. The second-order valence-corrected chi connectivity index (χ2v) is 8.66. The predicted molar refractivity (Wildman–Crippen MR) is 118 cm³/mol. The van der Waals surface area contributed by atoms with Gasteiger partial charge in [-0.2, -0.15) is 0 Å². The number of ether oxygens (including phenoxy) is 1. The Morgan fingerprint density at radius 1 is 1.45 bits per heavy atom. The maximum absolute atomic E-state index is 11.6. The normalized spacial score (nSPS) is 19.5. The Hall–Kier alpha value is -2.03. The van der Waals surface area contributed by atoms with Gasteiger partial charge in [0.1, 0.15) is 5.01 Å². The number of carboxylic acid groups (broad SMARTS) is 1. The van der Waals surface area contributed by atoms with E-state index in [4.69, 9.17) is 17.0 Å². The molecule has 8 heteroatoms. The molecular weight excluding hydrogens is 406 g/mol. The Bertz CT molecular complexity index is 801. The van der Waals surface area contributed by atoms with Gasteiger partial charge in [0.05, 0.1) is 23.2 Å². The number of thiocarbonyl (C=S) groups is 1. The molecule has 2 heterocycles. The largest absolute Gasteiger partial charge is 0.465 e. The van der Waals surface area contributed by atoms with Crippen LogP contribution in [0, 0.1) is 5.92 Å². The highest BCUT2D eigenvalue weighted by molar-refractivity contribution is 7.80. The van der Waals surface area contributed by atoms with Crippen molar-refractivity contribution in [3.63, 3.8) is 0 Å². The molecule has 1 fully saturated rings. The van der Waals surface area contributed by atoms with Gasteiger partial charge in [0.15, 0.2) is 0 Å². The van der Waals surface area contributed by atoms with Gasteiger partial charge >= 0.3 is 6.09 Å². The number of nitrogens with one attached hydrogen (secondary N) is 1. The highest BCUT2D eigenvalue weighted by Gasteiger charge is 2.39. The van der Waals surface area contributed by atoms with Crippen LogP contribution in [0.15, 0.2) is 41.9 Å². The van der Waals surface area contributed by atoms with Crippen LogP contribution in [0.4, 0.5) is 4.79 Å². The Labute approximate surface area is 180 Å². The zero-order chi connectivity index (χ0) is 20.8. The van der Waals surface area contributed by atoms with Gasteiger partial charge in [-0.1, -0.05) is 49.5 Å². The molecule has 1 aliphatic heterocycles. The first-order valence-electron chi connectivity index (χ1n) is 9.77. The van der Waals surface area contributed by atoms with Crippen molar-refractivity contribution >= 4 is 34.6 Å². The van der Waals surface area contributed by atoms with E-state index in [2.05, 4.69) is 22.4 Å². The Balaban J connectivity index is 1.73. The van der Waals surface area contributed by atoms with Gasteiger partial charge in [0.2, 0.25) is 0 Å². The number of hydrogen-bond donors (Lipinski definition) is 2. The van der Waals surface area contributed by atoms with Crippen molar-refractivity contribution in [1.82, 2.24) is 15.2 Å². The molecule has 156 valence electrons. The minimum Gasteiger partial charge on any atom is -0.465 e. The van der Waals surface area contributed by atoms with Crippen LogP contribution in [-0.4, -0.2) is 51.9 Å². The van der Waals surface area contributed by atoms with Gasteiger partial charge in [-0.15, -0.1) is 11.3 Å². The van der Waals surface area contributed by atoms with Crippen LogP contribution in [0.25, 0.3) is 0 Å². The van der Waals surface area contributed by atoms with Crippen LogP contribution in [0.3, 0.4) is 0 Å². The number of amides is 1. The van der Waals surface area contributed by atoms with Gasteiger partial charge in [0, 0.05) is 31.1 Å². The van der Waals surface area contributed by atoms with Gasteiger partial charge in [-0.25, -0.2) is 9.78 Å². The molecule has 0 unspecified atom stereocenters. The fraction of sp³-hybridized carbons (Fsp3) is 0.476. The number of methoxy groups -OCH3 is 1. The number of hydrogen-bond acceptors (Lipinski definition) is 5. The van der Waals surface area contributed by atoms with Gasteiger partial charge in [-0.3, -0.25) is 0 Å². The highest BCUT2D eigenvalue weighted by atomic mass is 32.1. The van der Waals surface area contributed by atoms with Crippen molar-refractivity contribution in [1.29, 1.82) is 0 Å². The lowest BCUT2D eigenvalue weighted by Gasteiger charge is -2.34. The van der Waals surface area contributed by atoms with E-state index in [1.54, 1.807) is 24.6 Å². The van der Waals surface area contributed by atoms with Crippen molar-refractivity contribution in [2.75, 3.05) is 13.7 Å².